The maximum absolute atomic E-state index is 10.5. The van der Waals surface area contributed by atoms with Gasteiger partial charge in [0.2, 0.25) is 0 Å². The van der Waals surface area contributed by atoms with Crippen LogP contribution in [0, 0.1) is 5.92 Å². The van der Waals surface area contributed by atoms with Crippen LogP contribution in [0.1, 0.15) is 31.9 Å². The number of hydrogen-bond donors (Lipinski definition) is 4. The summed E-state index contributed by atoms with van der Waals surface area (Å²) in [5, 5.41) is 27.1. The van der Waals surface area contributed by atoms with Gasteiger partial charge >= 0.3 is 0 Å². The number of nitrogens with one attached hydrogen (secondary N) is 2. The SMILES string of the molecule is C[C@H]1CNC[C@@H]1Nc1cccc(-c2cnc3cc(CO)c(C(C)(C)O)cn23)n1. The number of fused-ring (bicyclic) bond motifs is 1. The summed E-state index contributed by atoms with van der Waals surface area (Å²) in [6.07, 6.45) is 3.62. The molecule has 1 aliphatic rings. The third-order valence-electron chi connectivity index (χ3n) is 5.42. The molecule has 7 nitrogen and oxygen atoms in total. The van der Waals surface area contributed by atoms with Crippen molar-refractivity contribution in [1.82, 2.24) is 19.7 Å². The fourth-order valence-electron chi connectivity index (χ4n) is 3.79. The van der Waals surface area contributed by atoms with Gasteiger partial charge in [-0.1, -0.05) is 13.0 Å². The molecule has 4 heterocycles. The molecular formula is C21H27N5O2. The van der Waals surface area contributed by atoms with E-state index in [1.54, 1.807) is 20.0 Å². The van der Waals surface area contributed by atoms with Gasteiger partial charge in [0.05, 0.1) is 29.8 Å². The second-order valence-corrected chi connectivity index (χ2v) is 8.10. The molecule has 0 saturated carbocycles. The van der Waals surface area contributed by atoms with E-state index < -0.39 is 5.60 Å². The van der Waals surface area contributed by atoms with Crippen molar-refractivity contribution in [2.24, 2.45) is 5.92 Å². The normalized spacial score (nSPS) is 20.0. The average molecular weight is 381 g/mol. The Morgan fingerprint density at radius 2 is 2.14 bits per heavy atom. The topological polar surface area (TPSA) is 94.7 Å². The fraction of sp³-hybridized carbons (Fsp3) is 0.429. The summed E-state index contributed by atoms with van der Waals surface area (Å²) in [4.78, 5) is 9.26. The van der Waals surface area contributed by atoms with Crippen molar-refractivity contribution in [3.8, 4) is 11.4 Å². The van der Waals surface area contributed by atoms with Crippen molar-refractivity contribution in [2.75, 3.05) is 18.4 Å². The van der Waals surface area contributed by atoms with Crippen molar-refractivity contribution in [3.63, 3.8) is 0 Å². The van der Waals surface area contributed by atoms with Crippen LogP contribution in [0.3, 0.4) is 0 Å². The molecule has 0 spiro atoms. The maximum Gasteiger partial charge on any atom is 0.137 e. The van der Waals surface area contributed by atoms with Crippen LogP contribution in [0.4, 0.5) is 5.82 Å². The predicted octanol–water partition coefficient (Wildman–Crippen LogP) is 2.14. The molecule has 4 rings (SSSR count). The van der Waals surface area contributed by atoms with Crippen LogP contribution < -0.4 is 10.6 Å². The Labute approximate surface area is 164 Å². The second-order valence-electron chi connectivity index (χ2n) is 8.10. The van der Waals surface area contributed by atoms with Crippen molar-refractivity contribution >= 4 is 11.5 Å². The minimum atomic E-state index is -1.07. The monoisotopic (exact) mass is 381 g/mol. The number of nitrogens with zero attached hydrogens (tertiary/aromatic N) is 3. The summed E-state index contributed by atoms with van der Waals surface area (Å²) in [5.74, 6) is 1.38. The van der Waals surface area contributed by atoms with Gasteiger partial charge in [0.1, 0.15) is 11.5 Å². The molecule has 7 heteroatoms. The molecule has 0 aromatic carbocycles. The highest BCUT2D eigenvalue weighted by atomic mass is 16.3. The van der Waals surface area contributed by atoms with E-state index in [2.05, 4.69) is 22.5 Å². The zero-order valence-corrected chi connectivity index (χ0v) is 16.5. The van der Waals surface area contributed by atoms with E-state index in [-0.39, 0.29) is 6.61 Å². The molecule has 3 aromatic rings. The molecule has 0 unspecified atom stereocenters. The summed E-state index contributed by atoms with van der Waals surface area (Å²) >= 11 is 0. The van der Waals surface area contributed by atoms with Gasteiger partial charge < -0.3 is 20.8 Å². The standard InChI is InChI=1S/C21H27N5O2/c1-13-8-22-9-17(13)25-19-6-4-5-16(24-19)18-10-23-20-7-14(12-27)15(11-26(18)20)21(2,3)28/h4-7,10-11,13,17,22,27-28H,8-9,12H2,1-3H3,(H,24,25)/t13-,17-/m0/s1. The van der Waals surface area contributed by atoms with Crippen LogP contribution in [0.25, 0.3) is 17.0 Å². The Hall–Kier alpha value is -2.48. The van der Waals surface area contributed by atoms with Crippen LogP contribution in [-0.4, -0.2) is 43.7 Å². The molecule has 2 atom stereocenters. The zero-order chi connectivity index (χ0) is 19.9. The van der Waals surface area contributed by atoms with Gasteiger partial charge in [-0.15, -0.1) is 0 Å². The number of pyridine rings is 2. The Bertz CT molecular complexity index is 992. The van der Waals surface area contributed by atoms with Gasteiger partial charge in [0.25, 0.3) is 0 Å². The lowest BCUT2D eigenvalue weighted by Crippen LogP contribution is -2.27. The molecule has 1 fully saturated rings. The number of aliphatic hydroxyl groups is 2. The molecule has 1 saturated heterocycles. The highest BCUT2D eigenvalue weighted by Gasteiger charge is 2.24. The van der Waals surface area contributed by atoms with Crippen LogP contribution >= 0.6 is 0 Å². The van der Waals surface area contributed by atoms with Crippen molar-refractivity contribution in [1.29, 1.82) is 0 Å². The number of rotatable bonds is 5. The molecule has 1 aliphatic heterocycles. The first-order valence-corrected chi connectivity index (χ1v) is 9.65. The van der Waals surface area contributed by atoms with Gasteiger partial charge in [0.15, 0.2) is 0 Å². The van der Waals surface area contributed by atoms with E-state index in [9.17, 15) is 10.2 Å². The minimum absolute atomic E-state index is 0.150. The summed E-state index contributed by atoms with van der Waals surface area (Å²) in [6.45, 7) is 7.44. The summed E-state index contributed by atoms with van der Waals surface area (Å²) < 4.78 is 1.92. The van der Waals surface area contributed by atoms with Crippen LogP contribution in [-0.2, 0) is 12.2 Å². The van der Waals surface area contributed by atoms with E-state index in [4.69, 9.17) is 4.98 Å². The molecule has 4 N–H and O–H groups in total. The Balaban J connectivity index is 1.74. The summed E-state index contributed by atoms with van der Waals surface area (Å²) in [5.41, 5.74) is 2.61. The highest BCUT2D eigenvalue weighted by molar-refractivity contribution is 5.63. The largest absolute Gasteiger partial charge is 0.392 e. The fourth-order valence-corrected chi connectivity index (χ4v) is 3.79. The first-order valence-electron chi connectivity index (χ1n) is 9.65. The number of imidazole rings is 1. The summed E-state index contributed by atoms with van der Waals surface area (Å²) in [6, 6.07) is 8.08. The third kappa shape index (κ3) is 3.48. The average Bonchev–Trinajstić information content (AvgIpc) is 3.26. The number of aliphatic hydroxyl groups excluding tert-OH is 1. The van der Waals surface area contributed by atoms with Crippen LogP contribution in [0.2, 0.25) is 0 Å². The van der Waals surface area contributed by atoms with Crippen LogP contribution in [0.5, 0.6) is 0 Å². The third-order valence-corrected chi connectivity index (χ3v) is 5.42. The number of anilines is 1. The molecule has 28 heavy (non-hydrogen) atoms. The minimum Gasteiger partial charge on any atom is -0.392 e. The van der Waals surface area contributed by atoms with E-state index in [1.807, 2.05) is 34.9 Å². The Morgan fingerprint density at radius 3 is 2.82 bits per heavy atom. The van der Waals surface area contributed by atoms with E-state index >= 15 is 0 Å². The second kappa shape index (κ2) is 7.16. The molecule has 148 valence electrons. The molecule has 0 radical (unpaired) electrons. The Kier molecular flexibility index (Phi) is 4.82. The van der Waals surface area contributed by atoms with E-state index in [0.29, 0.717) is 28.7 Å². The lowest BCUT2D eigenvalue weighted by Gasteiger charge is -2.21. The molecule has 0 aliphatic carbocycles. The summed E-state index contributed by atoms with van der Waals surface area (Å²) in [7, 11) is 0. The predicted molar refractivity (Wildman–Crippen MR) is 109 cm³/mol. The maximum atomic E-state index is 10.5. The zero-order valence-electron chi connectivity index (χ0n) is 16.5. The molecule has 3 aromatic heterocycles. The lowest BCUT2D eigenvalue weighted by atomic mass is 9.95. The van der Waals surface area contributed by atoms with Crippen LogP contribution in [0.15, 0.2) is 36.7 Å². The van der Waals surface area contributed by atoms with Crippen molar-refractivity contribution in [3.05, 3.63) is 47.8 Å². The quantitative estimate of drug-likeness (QED) is 0.541. The molecule has 0 bridgehead atoms. The first kappa shape index (κ1) is 18.9. The Morgan fingerprint density at radius 1 is 1.32 bits per heavy atom. The van der Waals surface area contributed by atoms with Gasteiger partial charge in [-0.05, 0) is 50.1 Å². The van der Waals surface area contributed by atoms with Gasteiger partial charge in [-0.2, -0.15) is 0 Å². The highest BCUT2D eigenvalue weighted by Crippen LogP contribution is 2.28. The van der Waals surface area contributed by atoms with Crippen molar-refractivity contribution in [2.45, 2.75) is 39.0 Å². The number of aromatic nitrogens is 3. The molecular weight excluding hydrogens is 354 g/mol. The smallest absolute Gasteiger partial charge is 0.137 e. The first-order chi connectivity index (χ1) is 13.4. The van der Waals surface area contributed by atoms with E-state index in [0.717, 1.165) is 30.3 Å². The van der Waals surface area contributed by atoms with Crippen molar-refractivity contribution < 1.29 is 10.2 Å². The number of hydrogen-bond acceptors (Lipinski definition) is 6. The lowest BCUT2D eigenvalue weighted by molar-refractivity contribution is 0.0755. The van der Waals surface area contributed by atoms with Gasteiger partial charge in [0, 0.05) is 24.3 Å². The van der Waals surface area contributed by atoms with E-state index in [1.165, 1.54) is 0 Å². The van der Waals surface area contributed by atoms with Gasteiger partial charge in [-0.3, -0.25) is 4.40 Å². The molecule has 0 amide bonds. The van der Waals surface area contributed by atoms with Gasteiger partial charge in [-0.25, -0.2) is 9.97 Å².